The third kappa shape index (κ3) is 5.27. The number of methoxy groups -OCH3 is 1. The van der Waals surface area contributed by atoms with Gasteiger partial charge in [-0.05, 0) is 73.7 Å². The van der Waals surface area contributed by atoms with Crippen LogP contribution in [0, 0.1) is 30.6 Å². The molecule has 11 heteroatoms. The zero-order valence-electron chi connectivity index (χ0n) is 30.7. The first-order chi connectivity index (χ1) is 26.7. The molecule has 6 unspecified atom stereocenters. The molecule has 9 rings (SSSR count). The third-order valence-corrected chi connectivity index (χ3v) is 12.4. The Morgan fingerprint density at radius 3 is 2.22 bits per heavy atom. The summed E-state index contributed by atoms with van der Waals surface area (Å²) in [5.74, 6) is -5.21. The average molecular weight is 739 g/mol. The molecule has 1 saturated carbocycles. The van der Waals surface area contributed by atoms with Gasteiger partial charge in [-0.25, -0.2) is 0 Å². The molecule has 4 aromatic rings. The number of ether oxygens (including phenoxy) is 2. The second-order valence-electron chi connectivity index (χ2n) is 15.1. The summed E-state index contributed by atoms with van der Waals surface area (Å²) < 4.78 is 11.1. The van der Waals surface area contributed by atoms with E-state index in [1.54, 1.807) is 18.2 Å². The van der Waals surface area contributed by atoms with Crippen molar-refractivity contribution in [2.75, 3.05) is 48.6 Å². The van der Waals surface area contributed by atoms with Gasteiger partial charge in [0.1, 0.15) is 0 Å². The van der Waals surface area contributed by atoms with Crippen LogP contribution in [0.15, 0.2) is 109 Å². The molecule has 0 aromatic heterocycles. The SMILES string of the molecule is COc1cccc(C2C3=CCC4C(=O)N(c5ccc(N6CCOCC6)cc5)C(=O)C4C3CC3C(=O)N(Nc4ccc(C)cc4)C(=O)C32c2ccccc2)c1O. The normalized spacial score (nSPS) is 27.4. The van der Waals surface area contributed by atoms with Gasteiger partial charge in [-0.3, -0.25) is 29.5 Å². The fraction of sp³-hybridized carbons (Fsp3) is 0.318. The monoisotopic (exact) mass is 738 g/mol. The number of phenolic OH excluding ortho intramolecular Hbond substituents is 1. The van der Waals surface area contributed by atoms with Crippen molar-refractivity contribution < 1.29 is 33.8 Å². The molecular weight excluding hydrogens is 697 g/mol. The highest BCUT2D eigenvalue weighted by atomic mass is 16.5. The molecule has 3 heterocycles. The van der Waals surface area contributed by atoms with E-state index in [2.05, 4.69) is 10.3 Å². The van der Waals surface area contributed by atoms with Crippen molar-refractivity contribution in [1.29, 1.82) is 0 Å². The summed E-state index contributed by atoms with van der Waals surface area (Å²) in [6, 6.07) is 29.4. The van der Waals surface area contributed by atoms with E-state index in [1.807, 2.05) is 91.9 Å². The van der Waals surface area contributed by atoms with Crippen molar-refractivity contribution in [1.82, 2.24) is 5.01 Å². The lowest BCUT2D eigenvalue weighted by Crippen LogP contribution is -2.53. The van der Waals surface area contributed by atoms with Crippen molar-refractivity contribution in [3.63, 3.8) is 0 Å². The number of fused-ring (bicyclic) bond motifs is 4. The van der Waals surface area contributed by atoms with Gasteiger partial charge >= 0.3 is 0 Å². The summed E-state index contributed by atoms with van der Waals surface area (Å²) in [4.78, 5) is 62.8. The number of imide groups is 2. The number of nitrogens with one attached hydrogen (secondary N) is 1. The van der Waals surface area contributed by atoms with Gasteiger partial charge in [-0.15, -0.1) is 0 Å². The number of morpholine rings is 1. The third-order valence-electron chi connectivity index (χ3n) is 12.4. The Hall–Kier alpha value is -5.94. The Morgan fingerprint density at radius 2 is 1.51 bits per heavy atom. The number of carbonyl (C=O) groups is 4. The number of anilines is 3. The smallest absolute Gasteiger partial charge is 0.260 e. The van der Waals surface area contributed by atoms with E-state index >= 15 is 4.79 Å². The molecule has 3 saturated heterocycles. The van der Waals surface area contributed by atoms with Gasteiger partial charge in [0, 0.05) is 30.3 Å². The second kappa shape index (κ2) is 13.4. The molecule has 4 amide bonds. The molecule has 5 aliphatic rings. The second-order valence-corrected chi connectivity index (χ2v) is 15.1. The van der Waals surface area contributed by atoms with Crippen LogP contribution in [-0.2, 0) is 29.3 Å². The van der Waals surface area contributed by atoms with E-state index in [9.17, 15) is 19.5 Å². The number of phenols is 1. The van der Waals surface area contributed by atoms with Crippen LogP contribution in [0.4, 0.5) is 17.1 Å². The summed E-state index contributed by atoms with van der Waals surface area (Å²) in [6.45, 7) is 4.76. The number of aryl methyl sites for hydroxylation is 1. The van der Waals surface area contributed by atoms with E-state index in [4.69, 9.17) is 9.47 Å². The summed E-state index contributed by atoms with van der Waals surface area (Å²) in [6.07, 6.45) is 2.41. The van der Waals surface area contributed by atoms with Crippen LogP contribution >= 0.6 is 0 Å². The minimum Gasteiger partial charge on any atom is -0.504 e. The van der Waals surface area contributed by atoms with Gasteiger partial charge in [0.05, 0.1) is 54.9 Å². The van der Waals surface area contributed by atoms with Gasteiger partial charge in [0.15, 0.2) is 11.5 Å². The summed E-state index contributed by atoms with van der Waals surface area (Å²) in [5, 5.41) is 13.0. The minimum atomic E-state index is -1.50. The maximum absolute atomic E-state index is 15.4. The molecule has 0 radical (unpaired) electrons. The zero-order chi connectivity index (χ0) is 38.0. The lowest BCUT2D eigenvalue weighted by molar-refractivity contribution is -0.138. The standard InChI is InChI=1S/C44H42N4O7/c1-26-11-13-28(14-12-26)45-48-41(51)35-25-34-31(38(33-9-6-10-36(54-2)39(33)49)44(35,43(48)53)27-7-4-3-5-8-27)19-20-32-37(34)42(52)47(40(32)50)30-17-15-29(16-18-30)46-21-23-55-24-22-46/h3-19,32,34-35,37-38,45,49H,20-25H2,1-2H3. The molecule has 11 nitrogen and oxygen atoms in total. The topological polar surface area (TPSA) is 129 Å². The molecular formula is C44H42N4O7. The van der Waals surface area contributed by atoms with Crippen molar-refractivity contribution >= 4 is 40.7 Å². The number of nitrogens with zero attached hydrogens (tertiary/aromatic N) is 3. The Kier molecular flexibility index (Phi) is 8.49. The van der Waals surface area contributed by atoms with E-state index in [1.165, 1.54) is 12.0 Å². The van der Waals surface area contributed by atoms with Gasteiger partial charge < -0.3 is 19.5 Å². The number of benzene rings is 4. The molecule has 0 bridgehead atoms. The van der Waals surface area contributed by atoms with Crippen LogP contribution in [0.2, 0.25) is 0 Å². The van der Waals surface area contributed by atoms with Crippen LogP contribution in [0.3, 0.4) is 0 Å². The Labute approximate surface area is 319 Å². The molecule has 55 heavy (non-hydrogen) atoms. The maximum atomic E-state index is 15.4. The minimum absolute atomic E-state index is 0.145. The summed E-state index contributed by atoms with van der Waals surface area (Å²) in [7, 11) is 1.46. The van der Waals surface area contributed by atoms with Crippen LogP contribution in [-0.4, -0.2) is 67.2 Å². The molecule has 6 atom stereocenters. The number of para-hydroxylation sites is 1. The predicted octanol–water partition coefficient (Wildman–Crippen LogP) is 5.74. The van der Waals surface area contributed by atoms with Crippen molar-refractivity contribution in [2.24, 2.45) is 23.7 Å². The maximum Gasteiger partial charge on any atom is 0.260 e. The van der Waals surface area contributed by atoms with Gasteiger partial charge in [0.2, 0.25) is 11.8 Å². The van der Waals surface area contributed by atoms with Gasteiger partial charge in [-0.2, -0.15) is 5.01 Å². The van der Waals surface area contributed by atoms with Crippen molar-refractivity contribution in [3.05, 3.63) is 125 Å². The van der Waals surface area contributed by atoms with E-state index in [0.29, 0.717) is 35.7 Å². The molecule has 2 aliphatic carbocycles. The number of carbonyl (C=O) groups excluding carboxylic acids is 4. The molecule has 280 valence electrons. The summed E-state index contributed by atoms with van der Waals surface area (Å²) in [5.41, 5.74) is 6.49. The first-order valence-electron chi connectivity index (χ1n) is 18.9. The van der Waals surface area contributed by atoms with Crippen molar-refractivity contribution in [3.8, 4) is 11.5 Å². The van der Waals surface area contributed by atoms with Crippen LogP contribution < -0.4 is 20.0 Å². The number of rotatable bonds is 7. The predicted molar refractivity (Wildman–Crippen MR) is 205 cm³/mol. The lowest BCUT2D eigenvalue weighted by Gasteiger charge is -2.50. The first-order valence-corrected chi connectivity index (χ1v) is 18.9. The number of hydrogen-bond acceptors (Lipinski definition) is 9. The van der Waals surface area contributed by atoms with Crippen LogP contribution in [0.5, 0.6) is 11.5 Å². The number of allylic oxidation sites excluding steroid dienone is 2. The van der Waals surface area contributed by atoms with Gasteiger partial charge in [0.25, 0.3) is 11.8 Å². The molecule has 4 aromatic carbocycles. The Morgan fingerprint density at radius 1 is 0.800 bits per heavy atom. The molecule has 0 spiro atoms. The summed E-state index contributed by atoms with van der Waals surface area (Å²) >= 11 is 0. The molecule has 4 fully saturated rings. The van der Waals surface area contributed by atoms with E-state index in [0.717, 1.165) is 34.9 Å². The number of aromatic hydroxyl groups is 1. The highest BCUT2D eigenvalue weighted by molar-refractivity contribution is 6.22. The number of hydrogen-bond donors (Lipinski definition) is 2. The average Bonchev–Trinajstić information content (AvgIpc) is 3.60. The number of amides is 4. The largest absolute Gasteiger partial charge is 0.504 e. The fourth-order valence-electron chi connectivity index (χ4n) is 9.92. The molecule has 3 aliphatic heterocycles. The van der Waals surface area contributed by atoms with Crippen LogP contribution in [0.1, 0.15) is 35.4 Å². The van der Waals surface area contributed by atoms with Crippen molar-refractivity contribution in [2.45, 2.75) is 31.1 Å². The lowest BCUT2D eigenvalue weighted by atomic mass is 9.49. The Bertz CT molecular complexity index is 2220. The number of hydrazine groups is 1. The highest BCUT2D eigenvalue weighted by Gasteiger charge is 2.70. The first kappa shape index (κ1) is 34.8. The zero-order valence-corrected chi connectivity index (χ0v) is 30.7. The quantitative estimate of drug-likeness (QED) is 0.180. The molecule has 2 N–H and O–H groups in total. The Balaban J connectivity index is 1.17. The fourth-order valence-corrected chi connectivity index (χ4v) is 9.92. The van der Waals surface area contributed by atoms with Crippen LogP contribution in [0.25, 0.3) is 0 Å². The van der Waals surface area contributed by atoms with Gasteiger partial charge in [-0.1, -0.05) is 71.8 Å². The highest BCUT2D eigenvalue weighted by Crippen LogP contribution is 2.65. The van der Waals surface area contributed by atoms with E-state index in [-0.39, 0.29) is 36.2 Å². The van der Waals surface area contributed by atoms with E-state index < -0.39 is 46.8 Å².